The van der Waals surface area contributed by atoms with Crippen molar-refractivity contribution in [2.24, 2.45) is 0 Å². The Labute approximate surface area is 76.8 Å². The van der Waals surface area contributed by atoms with Crippen molar-refractivity contribution in [2.75, 3.05) is 14.1 Å². The zero-order valence-electron chi connectivity index (χ0n) is 7.63. The molecule has 0 aliphatic rings. The average molecular weight is 183 g/mol. The van der Waals surface area contributed by atoms with Crippen LogP contribution in [0.1, 0.15) is 20.1 Å². The van der Waals surface area contributed by atoms with Gasteiger partial charge in [0.25, 0.3) is 0 Å². The second kappa shape index (κ2) is 3.83. The first-order valence-corrected chi connectivity index (χ1v) is 4.64. The van der Waals surface area contributed by atoms with Gasteiger partial charge in [-0.05, 0) is 27.1 Å². The monoisotopic (exact) mass is 183 g/mol. The fourth-order valence-corrected chi connectivity index (χ4v) is 2.21. The lowest BCUT2D eigenvalue weighted by Gasteiger charge is -2.07. The van der Waals surface area contributed by atoms with Gasteiger partial charge < -0.3 is 4.90 Å². The molecule has 0 bridgehead atoms. The van der Waals surface area contributed by atoms with Crippen LogP contribution in [0.4, 0.5) is 0 Å². The molecule has 3 heteroatoms. The summed E-state index contributed by atoms with van der Waals surface area (Å²) in [6, 6.07) is 1.94. The van der Waals surface area contributed by atoms with E-state index in [9.17, 15) is 4.79 Å². The third-order valence-corrected chi connectivity index (χ3v) is 2.60. The van der Waals surface area contributed by atoms with Crippen LogP contribution >= 0.6 is 11.3 Å². The molecule has 2 nitrogen and oxygen atoms in total. The Hall–Kier alpha value is -0.670. The molecule has 66 valence electrons. The van der Waals surface area contributed by atoms with Gasteiger partial charge in [-0.2, -0.15) is 0 Å². The summed E-state index contributed by atoms with van der Waals surface area (Å²) in [5.41, 5.74) is 0.839. The summed E-state index contributed by atoms with van der Waals surface area (Å²) in [4.78, 5) is 15.0. The van der Waals surface area contributed by atoms with Crippen molar-refractivity contribution in [3.8, 4) is 0 Å². The predicted octanol–water partition coefficient (Wildman–Crippen LogP) is 1.93. The van der Waals surface area contributed by atoms with E-state index in [-0.39, 0.29) is 0 Å². The molecule has 0 fully saturated rings. The molecule has 1 aromatic heterocycles. The molecule has 0 unspecified atom stereocenters. The normalized spacial score (nSPS) is 10.7. The topological polar surface area (TPSA) is 20.3 Å². The van der Waals surface area contributed by atoms with Crippen LogP contribution in [0.3, 0.4) is 0 Å². The minimum Gasteiger partial charge on any atom is -0.304 e. The minimum absolute atomic E-state index is 0.839. The van der Waals surface area contributed by atoms with Crippen molar-refractivity contribution in [3.05, 3.63) is 21.4 Å². The van der Waals surface area contributed by atoms with Gasteiger partial charge in [0.2, 0.25) is 0 Å². The third kappa shape index (κ3) is 2.16. The molecule has 0 atom stereocenters. The van der Waals surface area contributed by atoms with Crippen LogP contribution in [-0.2, 0) is 6.54 Å². The first kappa shape index (κ1) is 9.42. The summed E-state index contributed by atoms with van der Waals surface area (Å²) >= 11 is 1.69. The van der Waals surface area contributed by atoms with Gasteiger partial charge in [-0.3, -0.25) is 4.79 Å². The number of aryl methyl sites for hydroxylation is 1. The fourth-order valence-electron chi connectivity index (χ4n) is 1.09. The molecule has 0 aliphatic carbocycles. The number of carbonyl (C=O) groups excluding carboxylic acids is 1. The first-order valence-electron chi connectivity index (χ1n) is 3.82. The van der Waals surface area contributed by atoms with E-state index in [1.54, 1.807) is 11.3 Å². The largest absolute Gasteiger partial charge is 0.304 e. The van der Waals surface area contributed by atoms with E-state index in [4.69, 9.17) is 0 Å². The maximum Gasteiger partial charge on any atom is 0.151 e. The van der Waals surface area contributed by atoms with Gasteiger partial charge in [0.05, 0.1) is 0 Å². The Bertz CT molecular complexity index is 278. The average Bonchev–Trinajstić information content (AvgIpc) is 2.29. The summed E-state index contributed by atoms with van der Waals surface area (Å²) in [5.74, 6) is 0. The van der Waals surface area contributed by atoms with Crippen LogP contribution < -0.4 is 0 Å². The molecule has 0 N–H and O–H groups in total. The molecule has 0 spiro atoms. The third-order valence-electron chi connectivity index (χ3n) is 1.55. The van der Waals surface area contributed by atoms with E-state index in [1.807, 2.05) is 27.1 Å². The molecular weight excluding hydrogens is 170 g/mol. The molecule has 12 heavy (non-hydrogen) atoms. The molecule has 1 rings (SSSR count). The molecular formula is C9H13NOS. The van der Waals surface area contributed by atoms with Crippen molar-refractivity contribution in [3.63, 3.8) is 0 Å². The number of thiophene rings is 1. The van der Waals surface area contributed by atoms with Gasteiger partial charge in [-0.1, -0.05) is 0 Å². The lowest BCUT2D eigenvalue weighted by Crippen LogP contribution is -2.10. The molecule has 0 aliphatic heterocycles. The molecule has 0 amide bonds. The van der Waals surface area contributed by atoms with Gasteiger partial charge in [0.15, 0.2) is 6.29 Å². The number of nitrogens with zero attached hydrogens (tertiary/aromatic N) is 1. The summed E-state index contributed by atoms with van der Waals surface area (Å²) in [5, 5.41) is 0. The van der Waals surface area contributed by atoms with E-state index in [1.165, 1.54) is 4.88 Å². The summed E-state index contributed by atoms with van der Waals surface area (Å²) < 4.78 is 0. The van der Waals surface area contributed by atoms with Gasteiger partial charge in [0, 0.05) is 21.9 Å². The highest BCUT2D eigenvalue weighted by Gasteiger charge is 2.06. The van der Waals surface area contributed by atoms with Gasteiger partial charge >= 0.3 is 0 Å². The maximum atomic E-state index is 10.6. The van der Waals surface area contributed by atoms with E-state index < -0.39 is 0 Å². The molecule has 0 aromatic carbocycles. The van der Waals surface area contributed by atoms with E-state index >= 15 is 0 Å². The van der Waals surface area contributed by atoms with Crippen molar-refractivity contribution in [1.82, 2.24) is 4.90 Å². The molecule has 1 aromatic rings. The van der Waals surface area contributed by atoms with E-state index in [0.717, 1.165) is 23.3 Å². The highest BCUT2D eigenvalue weighted by atomic mass is 32.1. The Morgan fingerprint density at radius 3 is 2.75 bits per heavy atom. The highest BCUT2D eigenvalue weighted by Crippen LogP contribution is 2.21. The quantitative estimate of drug-likeness (QED) is 0.667. The second-order valence-corrected chi connectivity index (χ2v) is 4.43. The van der Waals surface area contributed by atoms with Gasteiger partial charge in [0.1, 0.15) is 0 Å². The van der Waals surface area contributed by atoms with Crippen molar-refractivity contribution >= 4 is 17.6 Å². The van der Waals surface area contributed by atoms with Gasteiger partial charge in [-0.25, -0.2) is 0 Å². The first-order chi connectivity index (χ1) is 5.63. The van der Waals surface area contributed by atoms with Crippen molar-refractivity contribution < 1.29 is 4.79 Å². The maximum absolute atomic E-state index is 10.6. The fraction of sp³-hybridized carbons (Fsp3) is 0.444. The lowest BCUT2D eigenvalue weighted by atomic mass is 10.2. The van der Waals surface area contributed by atoms with Crippen LogP contribution in [0.2, 0.25) is 0 Å². The number of aldehydes is 1. The number of hydrogen-bond acceptors (Lipinski definition) is 3. The molecule has 0 saturated carbocycles. The lowest BCUT2D eigenvalue weighted by molar-refractivity contribution is 0.112. The van der Waals surface area contributed by atoms with Gasteiger partial charge in [-0.15, -0.1) is 11.3 Å². The SMILES string of the molecule is Cc1cc(C=O)c(CN(C)C)s1. The highest BCUT2D eigenvalue weighted by molar-refractivity contribution is 7.12. The van der Waals surface area contributed by atoms with Crippen LogP contribution in [0.15, 0.2) is 6.07 Å². The molecule has 0 radical (unpaired) electrons. The van der Waals surface area contributed by atoms with Crippen molar-refractivity contribution in [1.29, 1.82) is 0 Å². The van der Waals surface area contributed by atoms with E-state index in [0.29, 0.717) is 0 Å². The van der Waals surface area contributed by atoms with Crippen LogP contribution in [-0.4, -0.2) is 25.3 Å². The zero-order valence-corrected chi connectivity index (χ0v) is 8.44. The second-order valence-electron chi connectivity index (χ2n) is 3.09. The molecule has 1 heterocycles. The minimum atomic E-state index is 0.839. The summed E-state index contributed by atoms with van der Waals surface area (Å²) in [6.45, 7) is 2.88. The Balaban J connectivity index is 2.89. The Morgan fingerprint density at radius 2 is 2.25 bits per heavy atom. The van der Waals surface area contributed by atoms with Crippen molar-refractivity contribution in [2.45, 2.75) is 13.5 Å². The standard InChI is InChI=1S/C9H13NOS/c1-7-4-8(6-11)9(12-7)5-10(2)3/h4,6H,5H2,1-3H3. The Kier molecular flexibility index (Phi) is 3.00. The summed E-state index contributed by atoms with van der Waals surface area (Å²) in [6.07, 6.45) is 0.933. The van der Waals surface area contributed by atoms with Crippen LogP contribution in [0.25, 0.3) is 0 Å². The van der Waals surface area contributed by atoms with Crippen LogP contribution in [0.5, 0.6) is 0 Å². The smallest absolute Gasteiger partial charge is 0.151 e. The zero-order chi connectivity index (χ0) is 9.14. The summed E-state index contributed by atoms with van der Waals surface area (Å²) in [7, 11) is 4.01. The number of rotatable bonds is 3. The molecule has 0 saturated heterocycles. The Morgan fingerprint density at radius 1 is 1.58 bits per heavy atom. The number of hydrogen-bond donors (Lipinski definition) is 0. The predicted molar refractivity (Wildman–Crippen MR) is 51.8 cm³/mol. The van der Waals surface area contributed by atoms with E-state index in [2.05, 4.69) is 4.90 Å². The number of carbonyl (C=O) groups is 1. The van der Waals surface area contributed by atoms with Crippen LogP contribution in [0, 0.1) is 6.92 Å².